The number of piperazine rings is 1. The van der Waals surface area contributed by atoms with E-state index in [-0.39, 0.29) is 23.0 Å². The number of halogens is 1. The van der Waals surface area contributed by atoms with Crippen LogP contribution in [0.5, 0.6) is 0 Å². The number of carbonyl (C=O) groups excluding carboxylic acids is 1. The number of hydrogen-bond donors (Lipinski definition) is 0. The second kappa shape index (κ2) is 9.77. The van der Waals surface area contributed by atoms with Crippen molar-refractivity contribution in [2.45, 2.75) is 31.1 Å². The fourth-order valence-electron chi connectivity index (χ4n) is 3.89. The van der Waals surface area contributed by atoms with Gasteiger partial charge in [0.1, 0.15) is 0 Å². The topological polar surface area (TPSA) is 70.6 Å². The maximum atomic E-state index is 12.6. The summed E-state index contributed by atoms with van der Waals surface area (Å²) in [5, 5.41) is 1.50. The minimum atomic E-state index is -3.41. The van der Waals surface area contributed by atoms with E-state index in [1.165, 1.54) is 22.4 Å². The van der Waals surface area contributed by atoms with Gasteiger partial charge in [-0.25, -0.2) is 13.4 Å². The molecule has 32 heavy (non-hydrogen) atoms. The van der Waals surface area contributed by atoms with Gasteiger partial charge in [-0.3, -0.25) is 4.79 Å². The Balaban J connectivity index is 1.29. The van der Waals surface area contributed by atoms with E-state index in [1.54, 1.807) is 23.5 Å². The second-order valence-electron chi connectivity index (χ2n) is 7.86. The molecule has 0 bridgehead atoms. The standard InChI is InChI=1S/C23H26ClN3O3S2/c1-2-17-5-3-6-20-22(17)25-23(31-20)27-14-12-26(13-15-27)21(28)7-4-16-32(29,30)19-10-8-18(24)9-11-19/h3,5-6,8-11H,2,4,7,12-16H2,1H3. The number of fused-ring (bicyclic) bond motifs is 1. The molecule has 9 heteroatoms. The van der Waals surface area contributed by atoms with E-state index >= 15 is 0 Å². The van der Waals surface area contributed by atoms with Crippen LogP contribution in [0, 0.1) is 0 Å². The van der Waals surface area contributed by atoms with Crippen molar-refractivity contribution in [1.29, 1.82) is 0 Å². The molecule has 0 spiro atoms. The molecule has 0 atom stereocenters. The van der Waals surface area contributed by atoms with Crippen LogP contribution in [0.1, 0.15) is 25.3 Å². The van der Waals surface area contributed by atoms with E-state index in [4.69, 9.17) is 16.6 Å². The Kier molecular flexibility index (Phi) is 7.02. The molecule has 2 aromatic carbocycles. The number of benzene rings is 2. The fourth-order valence-corrected chi connectivity index (χ4v) is 6.39. The first-order valence-electron chi connectivity index (χ1n) is 10.8. The molecule has 4 rings (SSSR count). The molecule has 1 saturated heterocycles. The zero-order valence-corrected chi connectivity index (χ0v) is 20.3. The number of rotatable bonds is 7. The predicted molar refractivity (Wildman–Crippen MR) is 131 cm³/mol. The fraction of sp³-hybridized carbons (Fsp3) is 0.391. The maximum Gasteiger partial charge on any atom is 0.222 e. The first-order valence-corrected chi connectivity index (χ1v) is 13.6. The van der Waals surface area contributed by atoms with Gasteiger partial charge in [-0.2, -0.15) is 0 Å². The first kappa shape index (κ1) is 23.0. The quantitative estimate of drug-likeness (QED) is 0.489. The summed E-state index contributed by atoms with van der Waals surface area (Å²) in [6, 6.07) is 12.4. The molecule has 1 fully saturated rings. The highest BCUT2D eigenvalue weighted by molar-refractivity contribution is 7.91. The molecule has 1 aromatic heterocycles. The number of anilines is 1. The Morgan fingerprint density at radius 1 is 1.09 bits per heavy atom. The number of nitrogens with zero attached hydrogens (tertiary/aromatic N) is 3. The van der Waals surface area contributed by atoms with Crippen LogP contribution >= 0.6 is 22.9 Å². The summed E-state index contributed by atoms with van der Waals surface area (Å²) in [7, 11) is -3.41. The molecule has 1 aliphatic rings. The number of aryl methyl sites for hydroxylation is 1. The summed E-state index contributed by atoms with van der Waals surface area (Å²) in [6.07, 6.45) is 1.49. The van der Waals surface area contributed by atoms with Crippen molar-refractivity contribution < 1.29 is 13.2 Å². The van der Waals surface area contributed by atoms with Crippen molar-refractivity contribution in [2.24, 2.45) is 0 Å². The number of thiazole rings is 1. The van der Waals surface area contributed by atoms with Crippen molar-refractivity contribution in [2.75, 3.05) is 36.8 Å². The van der Waals surface area contributed by atoms with E-state index in [2.05, 4.69) is 30.0 Å². The highest BCUT2D eigenvalue weighted by Gasteiger charge is 2.24. The Labute approximate surface area is 197 Å². The van der Waals surface area contributed by atoms with E-state index < -0.39 is 9.84 Å². The molecule has 0 unspecified atom stereocenters. The summed E-state index contributed by atoms with van der Waals surface area (Å²) < 4.78 is 26.1. The minimum Gasteiger partial charge on any atom is -0.345 e. The molecule has 0 saturated carbocycles. The number of sulfone groups is 1. The number of hydrogen-bond acceptors (Lipinski definition) is 6. The number of carbonyl (C=O) groups is 1. The van der Waals surface area contributed by atoms with Crippen LogP contribution in [0.2, 0.25) is 5.02 Å². The van der Waals surface area contributed by atoms with Gasteiger partial charge in [0, 0.05) is 37.6 Å². The first-order chi connectivity index (χ1) is 15.4. The van der Waals surface area contributed by atoms with E-state index in [0.29, 0.717) is 24.5 Å². The summed E-state index contributed by atoms with van der Waals surface area (Å²) in [4.78, 5) is 21.8. The van der Waals surface area contributed by atoms with Crippen LogP contribution < -0.4 is 4.90 Å². The van der Waals surface area contributed by atoms with Crippen molar-refractivity contribution in [3.8, 4) is 0 Å². The molecule has 0 N–H and O–H groups in total. The van der Waals surface area contributed by atoms with Crippen LogP contribution in [0.3, 0.4) is 0 Å². The van der Waals surface area contributed by atoms with Crippen molar-refractivity contribution >= 4 is 54.0 Å². The van der Waals surface area contributed by atoms with Crippen LogP contribution in [-0.2, 0) is 21.1 Å². The Hall–Kier alpha value is -2.16. The van der Waals surface area contributed by atoms with Gasteiger partial charge in [-0.1, -0.05) is 42.0 Å². The van der Waals surface area contributed by atoms with Gasteiger partial charge in [-0.05, 0) is 48.7 Å². The van der Waals surface area contributed by atoms with Gasteiger partial charge in [0.05, 0.1) is 20.9 Å². The van der Waals surface area contributed by atoms with Crippen molar-refractivity contribution in [3.05, 3.63) is 53.1 Å². The summed E-state index contributed by atoms with van der Waals surface area (Å²) in [6.45, 7) is 4.85. The Morgan fingerprint density at radius 2 is 1.81 bits per heavy atom. The van der Waals surface area contributed by atoms with Gasteiger partial charge in [0.15, 0.2) is 15.0 Å². The van der Waals surface area contributed by atoms with Gasteiger partial charge in [0.2, 0.25) is 5.91 Å². The van der Waals surface area contributed by atoms with Gasteiger partial charge in [0.25, 0.3) is 0 Å². The molecule has 0 aliphatic carbocycles. The van der Waals surface area contributed by atoms with E-state index in [0.717, 1.165) is 30.2 Å². The summed E-state index contributed by atoms with van der Waals surface area (Å²) in [5.41, 5.74) is 2.34. The zero-order valence-electron chi connectivity index (χ0n) is 18.0. The SMILES string of the molecule is CCc1cccc2sc(N3CCN(C(=O)CCCS(=O)(=O)c4ccc(Cl)cc4)CC3)nc12. The van der Waals surface area contributed by atoms with Crippen LogP contribution in [0.15, 0.2) is 47.4 Å². The molecule has 2 heterocycles. The lowest BCUT2D eigenvalue weighted by molar-refractivity contribution is -0.131. The van der Waals surface area contributed by atoms with Gasteiger partial charge in [-0.15, -0.1) is 0 Å². The Bertz CT molecular complexity index is 1200. The number of amides is 1. The maximum absolute atomic E-state index is 12.6. The molecule has 3 aromatic rings. The monoisotopic (exact) mass is 491 g/mol. The smallest absolute Gasteiger partial charge is 0.222 e. The minimum absolute atomic E-state index is 0.00789. The average molecular weight is 492 g/mol. The van der Waals surface area contributed by atoms with Gasteiger partial charge >= 0.3 is 0 Å². The van der Waals surface area contributed by atoms with E-state index in [1.807, 2.05) is 4.90 Å². The third-order valence-corrected chi connectivity index (χ3v) is 8.90. The average Bonchev–Trinajstić information content (AvgIpc) is 3.24. The molecule has 0 radical (unpaired) electrons. The molecular weight excluding hydrogens is 466 g/mol. The lowest BCUT2D eigenvalue weighted by Gasteiger charge is -2.34. The van der Waals surface area contributed by atoms with Crippen LogP contribution in [-0.4, -0.2) is 56.1 Å². The molecular formula is C23H26ClN3O3S2. The summed E-state index contributed by atoms with van der Waals surface area (Å²) in [5.74, 6) is -0.0419. The van der Waals surface area contributed by atoms with Crippen LogP contribution in [0.25, 0.3) is 10.2 Å². The second-order valence-corrected chi connectivity index (χ2v) is 11.4. The summed E-state index contributed by atoms with van der Waals surface area (Å²) >= 11 is 7.52. The molecule has 6 nitrogen and oxygen atoms in total. The highest BCUT2D eigenvalue weighted by Crippen LogP contribution is 2.31. The number of aromatic nitrogens is 1. The molecule has 170 valence electrons. The van der Waals surface area contributed by atoms with Crippen molar-refractivity contribution in [3.63, 3.8) is 0 Å². The predicted octanol–water partition coefficient (Wildman–Crippen LogP) is 4.41. The van der Waals surface area contributed by atoms with Crippen LogP contribution in [0.4, 0.5) is 5.13 Å². The van der Waals surface area contributed by atoms with Gasteiger partial charge < -0.3 is 9.80 Å². The van der Waals surface area contributed by atoms with E-state index in [9.17, 15) is 13.2 Å². The highest BCUT2D eigenvalue weighted by atomic mass is 35.5. The third-order valence-electron chi connectivity index (χ3n) is 5.75. The largest absolute Gasteiger partial charge is 0.345 e. The molecule has 1 amide bonds. The lowest BCUT2D eigenvalue weighted by Crippen LogP contribution is -2.48. The molecule has 1 aliphatic heterocycles. The zero-order chi connectivity index (χ0) is 22.7. The lowest BCUT2D eigenvalue weighted by atomic mass is 10.1. The third kappa shape index (κ3) is 5.08. The normalized spacial score (nSPS) is 14.8. The Morgan fingerprint density at radius 3 is 2.50 bits per heavy atom. The number of para-hydroxylation sites is 1. The van der Waals surface area contributed by atoms with Crippen molar-refractivity contribution in [1.82, 2.24) is 9.88 Å².